The van der Waals surface area contributed by atoms with E-state index >= 15 is 0 Å². The molecule has 0 aliphatic carbocycles. The van der Waals surface area contributed by atoms with Crippen molar-refractivity contribution in [2.75, 3.05) is 5.73 Å². The quantitative estimate of drug-likeness (QED) is 0.777. The zero-order valence-electron chi connectivity index (χ0n) is 9.49. The summed E-state index contributed by atoms with van der Waals surface area (Å²) in [6.45, 7) is 1.90. The van der Waals surface area contributed by atoms with Gasteiger partial charge in [0.05, 0.1) is 0 Å². The van der Waals surface area contributed by atoms with Crippen molar-refractivity contribution in [1.82, 2.24) is 19.9 Å². The molecule has 0 unspecified atom stereocenters. The highest BCUT2D eigenvalue weighted by Crippen LogP contribution is 2.29. The van der Waals surface area contributed by atoms with Crippen molar-refractivity contribution in [2.45, 2.75) is 6.92 Å². The van der Waals surface area contributed by atoms with Gasteiger partial charge in [0.2, 0.25) is 0 Å². The normalized spacial score (nSPS) is 10.7. The number of rotatable bonds is 2. The van der Waals surface area contributed by atoms with Crippen LogP contribution in [0.15, 0.2) is 23.2 Å². The summed E-state index contributed by atoms with van der Waals surface area (Å²) in [6, 6.07) is 0. The Morgan fingerprint density at radius 1 is 1.00 bits per heavy atom. The first-order valence-electron chi connectivity index (χ1n) is 5.19. The van der Waals surface area contributed by atoms with Gasteiger partial charge in [0.25, 0.3) is 0 Å². The van der Waals surface area contributed by atoms with Crippen molar-refractivity contribution in [3.63, 3.8) is 0 Å². The van der Waals surface area contributed by atoms with Gasteiger partial charge in [0.15, 0.2) is 10.8 Å². The molecule has 0 amide bonds. The van der Waals surface area contributed by atoms with Crippen LogP contribution in [-0.4, -0.2) is 19.9 Å². The maximum absolute atomic E-state index is 5.94. The van der Waals surface area contributed by atoms with Gasteiger partial charge < -0.3 is 5.73 Å². The fourth-order valence-electron chi connectivity index (χ4n) is 1.51. The molecule has 18 heavy (non-hydrogen) atoms. The highest BCUT2D eigenvalue weighted by molar-refractivity contribution is 7.13. The van der Waals surface area contributed by atoms with Gasteiger partial charge in [0, 0.05) is 28.7 Å². The lowest BCUT2D eigenvalue weighted by Crippen LogP contribution is -2.02. The summed E-state index contributed by atoms with van der Waals surface area (Å²) in [5, 5.41) is 5.41. The van der Waals surface area contributed by atoms with Gasteiger partial charge in [-0.2, -0.15) is 0 Å². The third-order valence-electron chi connectivity index (χ3n) is 2.44. The fraction of sp³-hybridized carbons (Fsp3) is 0.0909. The Labute approximate surface area is 111 Å². The zero-order chi connectivity index (χ0) is 12.5. The second kappa shape index (κ2) is 4.43. The Morgan fingerprint density at radius 3 is 2.28 bits per heavy atom. The summed E-state index contributed by atoms with van der Waals surface area (Å²) in [5.41, 5.74) is 7.57. The van der Waals surface area contributed by atoms with E-state index in [0.717, 1.165) is 21.3 Å². The highest BCUT2D eigenvalue weighted by Gasteiger charge is 2.14. The molecule has 7 heteroatoms. The molecule has 0 aliphatic heterocycles. The van der Waals surface area contributed by atoms with E-state index in [-0.39, 0.29) is 0 Å². The molecule has 0 radical (unpaired) electrons. The summed E-state index contributed by atoms with van der Waals surface area (Å²) in [5.74, 6) is 1.03. The van der Waals surface area contributed by atoms with Crippen LogP contribution in [0.5, 0.6) is 0 Å². The summed E-state index contributed by atoms with van der Waals surface area (Å²) in [7, 11) is 0. The van der Waals surface area contributed by atoms with Crippen molar-refractivity contribution in [2.24, 2.45) is 0 Å². The molecule has 0 aromatic carbocycles. The van der Waals surface area contributed by atoms with Crippen LogP contribution in [0.25, 0.3) is 21.5 Å². The van der Waals surface area contributed by atoms with Crippen molar-refractivity contribution in [1.29, 1.82) is 0 Å². The van der Waals surface area contributed by atoms with E-state index in [0.29, 0.717) is 11.6 Å². The molecule has 0 aliphatic rings. The standard InChI is InChI=1S/C11H9N5S2/c1-6-7(10-13-2-4-17-10)15-9(16-8(6)12)11-14-3-5-18-11/h2-5H,1H3,(H2,12,15,16). The van der Waals surface area contributed by atoms with E-state index in [1.54, 1.807) is 12.4 Å². The molecule has 0 saturated carbocycles. The van der Waals surface area contributed by atoms with Gasteiger partial charge >= 0.3 is 0 Å². The molecular formula is C11H9N5S2. The van der Waals surface area contributed by atoms with Gasteiger partial charge in [-0.15, -0.1) is 22.7 Å². The second-order valence-corrected chi connectivity index (χ2v) is 5.37. The van der Waals surface area contributed by atoms with E-state index in [1.165, 1.54) is 22.7 Å². The Bertz CT molecular complexity index is 661. The zero-order valence-corrected chi connectivity index (χ0v) is 11.1. The van der Waals surface area contributed by atoms with E-state index in [9.17, 15) is 0 Å². The van der Waals surface area contributed by atoms with E-state index in [4.69, 9.17) is 5.73 Å². The second-order valence-electron chi connectivity index (χ2n) is 3.58. The first-order chi connectivity index (χ1) is 8.75. The maximum atomic E-state index is 5.94. The van der Waals surface area contributed by atoms with Crippen LogP contribution >= 0.6 is 22.7 Å². The smallest absolute Gasteiger partial charge is 0.191 e. The van der Waals surface area contributed by atoms with Crippen molar-refractivity contribution < 1.29 is 0 Å². The molecule has 0 spiro atoms. The van der Waals surface area contributed by atoms with Crippen molar-refractivity contribution in [3.05, 3.63) is 28.7 Å². The number of aromatic nitrogens is 4. The molecule has 2 N–H and O–H groups in total. The lowest BCUT2D eigenvalue weighted by molar-refractivity contribution is 1.14. The summed E-state index contributed by atoms with van der Waals surface area (Å²) in [6.07, 6.45) is 3.48. The molecule has 3 aromatic heterocycles. The van der Waals surface area contributed by atoms with E-state index < -0.39 is 0 Å². The SMILES string of the molecule is Cc1c(N)nc(-c2nccs2)nc1-c1nccs1. The molecule has 0 atom stereocenters. The van der Waals surface area contributed by atoms with Crippen molar-refractivity contribution >= 4 is 28.5 Å². The molecule has 5 nitrogen and oxygen atoms in total. The van der Waals surface area contributed by atoms with Crippen LogP contribution in [0.1, 0.15) is 5.56 Å². The molecule has 3 heterocycles. The average molecular weight is 275 g/mol. The summed E-state index contributed by atoms with van der Waals surface area (Å²) < 4.78 is 0. The minimum absolute atomic E-state index is 0.473. The summed E-state index contributed by atoms with van der Waals surface area (Å²) in [4.78, 5) is 17.3. The molecule has 90 valence electrons. The minimum Gasteiger partial charge on any atom is -0.383 e. The number of anilines is 1. The lowest BCUT2D eigenvalue weighted by atomic mass is 10.2. The number of hydrogen-bond acceptors (Lipinski definition) is 7. The molecule has 0 saturated heterocycles. The predicted octanol–water partition coefficient (Wildman–Crippen LogP) is 2.61. The van der Waals surface area contributed by atoms with Crippen LogP contribution < -0.4 is 5.73 Å². The number of thiazole rings is 2. The van der Waals surface area contributed by atoms with Gasteiger partial charge in [-0.25, -0.2) is 19.9 Å². The molecule has 0 fully saturated rings. The number of hydrogen-bond donors (Lipinski definition) is 1. The van der Waals surface area contributed by atoms with Gasteiger partial charge in [0.1, 0.15) is 16.5 Å². The minimum atomic E-state index is 0.473. The highest BCUT2D eigenvalue weighted by atomic mass is 32.1. The van der Waals surface area contributed by atoms with E-state index in [2.05, 4.69) is 19.9 Å². The topological polar surface area (TPSA) is 77.6 Å². The molecular weight excluding hydrogens is 266 g/mol. The molecule has 3 aromatic rings. The van der Waals surface area contributed by atoms with Crippen LogP contribution in [0.2, 0.25) is 0 Å². The lowest BCUT2D eigenvalue weighted by Gasteiger charge is -2.06. The third-order valence-corrected chi connectivity index (χ3v) is 3.99. The summed E-state index contributed by atoms with van der Waals surface area (Å²) >= 11 is 3.02. The Hall–Kier alpha value is -1.86. The number of nitrogen functional groups attached to an aromatic ring is 1. The average Bonchev–Trinajstić information content (AvgIpc) is 3.03. The fourth-order valence-corrected chi connectivity index (χ4v) is 2.76. The maximum Gasteiger partial charge on any atom is 0.191 e. The Balaban J connectivity index is 2.20. The van der Waals surface area contributed by atoms with Gasteiger partial charge in [-0.1, -0.05) is 0 Å². The number of nitrogens with zero attached hydrogens (tertiary/aromatic N) is 4. The van der Waals surface area contributed by atoms with Crippen LogP contribution in [-0.2, 0) is 0 Å². The number of nitrogens with two attached hydrogens (primary N) is 1. The first-order valence-corrected chi connectivity index (χ1v) is 6.95. The largest absolute Gasteiger partial charge is 0.383 e. The Kier molecular flexibility index (Phi) is 2.77. The predicted molar refractivity (Wildman–Crippen MR) is 73.4 cm³/mol. The van der Waals surface area contributed by atoms with E-state index in [1.807, 2.05) is 17.7 Å². The first kappa shape index (κ1) is 11.2. The molecule has 3 rings (SSSR count). The Morgan fingerprint density at radius 2 is 1.67 bits per heavy atom. The molecule has 0 bridgehead atoms. The van der Waals surface area contributed by atoms with Crippen LogP contribution in [0, 0.1) is 6.92 Å². The van der Waals surface area contributed by atoms with Gasteiger partial charge in [-0.05, 0) is 6.92 Å². The third kappa shape index (κ3) is 1.87. The van der Waals surface area contributed by atoms with Crippen LogP contribution in [0.4, 0.5) is 5.82 Å². The van der Waals surface area contributed by atoms with Crippen LogP contribution in [0.3, 0.4) is 0 Å². The van der Waals surface area contributed by atoms with Crippen molar-refractivity contribution in [3.8, 4) is 21.5 Å². The van der Waals surface area contributed by atoms with Gasteiger partial charge in [-0.3, -0.25) is 0 Å². The monoisotopic (exact) mass is 275 g/mol.